The number of aromatic nitrogens is 3. The summed E-state index contributed by atoms with van der Waals surface area (Å²) in [5, 5.41) is 5.96. The molecule has 0 radical (unpaired) electrons. The lowest BCUT2D eigenvalue weighted by molar-refractivity contribution is 0.0937. The Morgan fingerprint density at radius 1 is 1.17 bits per heavy atom. The highest BCUT2D eigenvalue weighted by Gasteiger charge is 2.14. The average Bonchev–Trinajstić information content (AvgIpc) is 3.27. The van der Waals surface area contributed by atoms with E-state index in [0.29, 0.717) is 42.1 Å². The van der Waals surface area contributed by atoms with Crippen LogP contribution in [0.5, 0.6) is 0 Å². The van der Waals surface area contributed by atoms with Gasteiger partial charge >= 0.3 is 6.01 Å². The second-order valence-corrected chi connectivity index (χ2v) is 7.47. The van der Waals surface area contributed by atoms with Gasteiger partial charge in [-0.25, -0.2) is 4.98 Å². The van der Waals surface area contributed by atoms with E-state index in [1.54, 1.807) is 19.2 Å². The summed E-state index contributed by atoms with van der Waals surface area (Å²) >= 11 is 0. The van der Waals surface area contributed by atoms with Crippen LogP contribution in [-0.4, -0.2) is 40.7 Å². The highest BCUT2D eigenvalue weighted by Crippen LogP contribution is 2.27. The number of nitrogens with zero attached hydrogens (tertiary/aromatic N) is 3. The van der Waals surface area contributed by atoms with Crippen LogP contribution in [0.15, 0.2) is 40.8 Å². The topological polar surface area (TPSA) is 94.2 Å². The number of aryl methyl sites for hydroxylation is 1. The Bertz CT molecular complexity index is 1210. The Kier molecular flexibility index (Phi) is 5.41. The van der Waals surface area contributed by atoms with Crippen molar-refractivity contribution in [3.63, 3.8) is 0 Å². The van der Waals surface area contributed by atoms with Gasteiger partial charge in [0.05, 0.1) is 17.6 Å². The number of hydrogen-bond donors (Lipinski definition) is 2. The smallest absolute Gasteiger partial charge is 0.302 e. The standard InChI is InChI=1S/C22H25N5O3/c1-13(2)14-5-7-16-19(12-14)30-22(25-16)26-21-24-17-11-15(6-8-18(17)27(21)3)20(28)23-9-10-29-4/h5-8,11-13H,9-10H2,1-4H3,(H,23,28)(H,24,25,26). The SMILES string of the molecule is COCCNC(=O)c1ccc2c(c1)nc(Nc1nc3ccc(C(C)C)cc3o1)n2C. The Balaban J connectivity index is 1.59. The molecule has 0 spiro atoms. The number of fused-ring (bicyclic) bond motifs is 2. The highest BCUT2D eigenvalue weighted by molar-refractivity contribution is 5.97. The zero-order valence-electron chi connectivity index (χ0n) is 17.5. The molecular formula is C22H25N5O3. The van der Waals surface area contributed by atoms with Crippen molar-refractivity contribution in [1.82, 2.24) is 19.9 Å². The van der Waals surface area contributed by atoms with Crippen LogP contribution in [0, 0.1) is 0 Å². The number of nitrogens with one attached hydrogen (secondary N) is 2. The molecule has 0 bridgehead atoms. The van der Waals surface area contributed by atoms with E-state index >= 15 is 0 Å². The number of rotatable bonds is 7. The number of carbonyl (C=O) groups excluding carboxylic acids is 1. The van der Waals surface area contributed by atoms with Gasteiger partial charge in [-0.1, -0.05) is 19.9 Å². The number of amides is 1. The van der Waals surface area contributed by atoms with Crippen molar-refractivity contribution in [3.05, 3.63) is 47.5 Å². The number of carbonyl (C=O) groups is 1. The van der Waals surface area contributed by atoms with E-state index in [0.717, 1.165) is 16.6 Å². The van der Waals surface area contributed by atoms with E-state index in [1.165, 1.54) is 5.56 Å². The summed E-state index contributed by atoms with van der Waals surface area (Å²) in [5.74, 6) is 0.836. The minimum absolute atomic E-state index is 0.158. The summed E-state index contributed by atoms with van der Waals surface area (Å²) in [6.45, 7) is 5.21. The lowest BCUT2D eigenvalue weighted by Gasteiger charge is -2.04. The normalized spacial score (nSPS) is 11.5. The molecule has 1 amide bonds. The van der Waals surface area contributed by atoms with Crippen LogP contribution < -0.4 is 10.6 Å². The number of oxazole rings is 1. The second-order valence-electron chi connectivity index (χ2n) is 7.47. The van der Waals surface area contributed by atoms with Crippen LogP contribution in [-0.2, 0) is 11.8 Å². The summed E-state index contributed by atoms with van der Waals surface area (Å²) in [5.41, 5.74) is 4.87. The molecule has 0 fully saturated rings. The first-order valence-corrected chi connectivity index (χ1v) is 9.87. The summed E-state index contributed by atoms with van der Waals surface area (Å²) in [7, 11) is 3.50. The Hall–Kier alpha value is -3.39. The van der Waals surface area contributed by atoms with Gasteiger partial charge in [-0.3, -0.25) is 10.1 Å². The van der Waals surface area contributed by atoms with Crippen LogP contribution in [0.1, 0.15) is 35.7 Å². The van der Waals surface area contributed by atoms with Crippen molar-refractivity contribution >= 4 is 40.0 Å². The predicted molar refractivity (Wildman–Crippen MR) is 116 cm³/mol. The molecular weight excluding hydrogens is 382 g/mol. The third kappa shape index (κ3) is 3.86. The maximum Gasteiger partial charge on any atom is 0.302 e. The van der Waals surface area contributed by atoms with Crippen molar-refractivity contribution in [2.45, 2.75) is 19.8 Å². The predicted octanol–water partition coefficient (Wildman–Crippen LogP) is 3.96. The fourth-order valence-electron chi connectivity index (χ4n) is 3.27. The van der Waals surface area contributed by atoms with E-state index in [4.69, 9.17) is 9.15 Å². The molecule has 8 heteroatoms. The number of imidazole rings is 1. The van der Waals surface area contributed by atoms with Gasteiger partial charge in [-0.15, -0.1) is 0 Å². The van der Waals surface area contributed by atoms with Crippen molar-refractivity contribution in [3.8, 4) is 0 Å². The molecule has 0 aliphatic carbocycles. The van der Waals surface area contributed by atoms with Crippen molar-refractivity contribution < 1.29 is 13.9 Å². The largest absolute Gasteiger partial charge is 0.423 e. The molecule has 8 nitrogen and oxygen atoms in total. The van der Waals surface area contributed by atoms with Gasteiger partial charge in [0.1, 0.15) is 5.52 Å². The van der Waals surface area contributed by atoms with Gasteiger partial charge in [0.2, 0.25) is 5.95 Å². The van der Waals surface area contributed by atoms with Crippen LogP contribution in [0.2, 0.25) is 0 Å². The number of hydrogen-bond acceptors (Lipinski definition) is 6. The maximum atomic E-state index is 12.3. The molecule has 0 atom stereocenters. The van der Waals surface area contributed by atoms with E-state index in [1.807, 2.05) is 29.8 Å². The third-order valence-electron chi connectivity index (χ3n) is 5.03. The first-order valence-electron chi connectivity index (χ1n) is 9.87. The number of benzene rings is 2. The molecule has 0 aliphatic heterocycles. The van der Waals surface area contributed by atoms with Gasteiger partial charge < -0.3 is 19.0 Å². The van der Waals surface area contributed by atoms with Gasteiger partial charge in [0, 0.05) is 26.3 Å². The summed E-state index contributed by atoms with van der Waals surface area (Å²) in [6.07, 6.45) is 0. The molecule has 2 aromatic heterocycles. The van der Waals surface area contributed by atoms with Crippen molar-refractivity contribution in [2.24, 2.45) is 7.05 Å². The van der Waals surface area contributed by atoms with Crippen LogP contribution in [0.25, 0.3) is 22.1 Å². The summed E-state index contributed by atoms with van der Waals surface area (Å²) in [6, 6.07) is 11.8. The summed E-state index contributed by atoms with van der Waals surface area (Å²) < 4.78 is 12.7. The van der Waals surface area contributed by atoms with Gasteiger partial charge in [-0.05, 0) is 41.8 Å². The molecule has 0 saturated heterocycles. The molecule has 0 aliphatic rings. The Morgan fingerprint density at radius 2 is 2.00 bits per heavy atom. The lowest BCUT2D eigenvalue weighted by Crippen LogP contribution is -2.26. The highest BCUT2D eigenvalue weighted by atomic mass is 16.5. The first kappa shape index (κ1) is 19.9. The summed E-state index contributed by atoms with van der Waals surface area (Å²) in [4.78, 5) is 21.4. The molecule has 2 aromatic carbocycles. The molecule has 30 heavy (non-hydrogen) atoms. The number of anilines is 2. The maximum absolute atomic E-state index is 12.3. The molecule has 156 valence electrons. The van der Waals surface area contributed by atoms with Gasteiger partial charge in [0.15, 0.2) is 5.58 Å². The number of methoxy groups -OCH3 is 1. The zero-order valence-corrected chi connectivity index (χ0v) is 17.5. The third-order valence-corrected chi connectivity index (χ3v) is 5.03. The van der Waals surface area contributed by atoms with E-state index in [-0.39, 0.29) is 5.91 Å². The van der Waals surface area contributed by atoms with Crippen molar-refractivity contribution in [1.29, 1.82) is 0 Å². The fourth-order valence-corrected chi connectivity index (χ4v) is 3.27. The quantitative estimate of drug-likeness (QED) is 0.451. The van der Waals surface area contributed by atoms with Gasteiger partial charge in [0.25, 0.3) is 5.91 Å². The van der Waals surface area contributed by atoms with E-state index in [2.05, 4.69) is 40.5 Å². The zero-order chi connectivity index (χ0) is 21.3. The lowest BCUT2D eigenvalue weighted by atomic mass is 10.0. The van der Waals surface area contributed by atoms with E-state index < -0.39 is 0 Å². The Morgan fingerprint density at radius 3 is 2.77 bits per heavy atom. The van der Waals surface area contributed by atoms with E-state index in [9.17, 15) is 4.79 Å². The minimum atomic E-state index is -0.158. The molecule has 2 N–H and O–H groups in total. The van der Waals surface area contributed by atoms with Crippen LogP contribution in [0.3, 0.4) is 0 Å². The number of ether oxygens (including phenoxy) is 1. The van der Waals surface area contributed by atoms with Gasteiger partial charge in [-0.2, -0.15) is 4.98 Å². The Labute approximate surface area is 174 Å². The minimum Gasteiger partial charge on any atom is -0.423 e. The molecule has 0 saturated carbocycles. The second kappa shape index (κ2) is 8.16. The molecule has 0 unspecified atom stereocenters. The van der Waals surface area contributed by atoms with Crippen LogP contribution in [0.4, 0.5) is 12.0 Å². The first-order chi connectivity index (χ1) is 14.5. The molecule has 4 aromatic rings. The van der Waals surface area contributed by atoms with Crippen molar-refractivity contribution in [2.75, 3.05) is 25.6 Å². The monoisotopic (exact) mass is 407 g/mol. The van der Waals surface area contributed by atoms with Crippen LogP contribution >= 0.6 is 0 Å². The fraction of sp³-hybridized carbons (Fsp3) is 0.318. The average molecular weight is 407 g/mol. The molecule has 4 rings (SSSR count). The molecule has 2 heterocycles.